The fourth-order valence-electron chi connectivity index (χ4n) is 4.42. The summed E-state index contributed by atoms with van der Waals surface area (Å²) in [7, 11) is 0. The maximum atomic E-state index is 13.3. The maximum absolute atomic E-state index is 13.3. The van der Waals surface area contributed by atoms with E-state index in [0.717, 1.165) is 48.1 Å². The highest BCUT2D eigenvalue weighted by Gasteiger charge is 2.24. The van der Waals surface area contributed by atoms with Crippen molar-refractivity contribution < 1.29 is 9.90 Å². The van der Waals surface area contributed by atoms with Crippen molar-refractivity contribution >= 4 is 5.97 Å². The molecule has 0 aliphatic rings. The van der Waals surface area contributed by atoms with Crippen molar-refractivity contribution in [2.45, 2.75) is 59.0 Å². The summed E-state index contributed by atoms with van der Waals surface area (Å²) in [4.78, 5) is 25.4. The Kier molecular flexibility index (Phi) is 7.54. The predicted molar refractivity (Wildman–Crippen MR) is 133 cm³/mol. The Balaban J connectivity index is 1.67. The molecule has 0 unspecified atom stereocenters. The van der Waals surface area contributed by atoms with Crippen molar-refractivity contribution in [2.75, 3.05) is 0 Å². The van der Waals surface area contributed by atoms with E-state index in [1.165, 1.54) is 4.57 Å². The first-order valence-corrected chi connectivity index (χ1v) is 12.0. The Morgan fingerprint density at radius 3 is 2.40 bits per heavy atom. The molecule has 9 heteroatoms. The zero-order valence-electron chi connectivity index (χ0n) is 20.1. The van der Waals surface area contributed by atoms with E-state index in [1.807, 2.05) is 55.5 Å². The molecule has 182 valence electrons. The van der Waals surface area contributed by atoms with Crippen molar-refractivity contribution in [3.05, 3.63) is 82.3 Å². The molecule has 2 aromatic carbocycles. The summed E-state index contributed by atoms with van der Waals surface area (Å²) in [6.45, 7) is 4.82. The summed E-state index contributed by atoms with van der Waals surface area (Å²) in [5.41, 5.74) is 4.22. The van der Waals surface area contributed by atoms with Gasteiger partial charge in [0.05, 0.1) is 17.9 Å². The summed E-state index contributed by atoms with van der Waals surface area (Å²) in [5.74, 6) is -1.05. The van der Waals surface area contributed by atoms with Crippen LogP contribution in [-0.4, -0.2) is 40.4 Å². The molecule has 0 atom stereocenters. The van der Waals surface area contributed by atoms with Gasteiger partial charge in [0.2, 0.25) is 0 Å². The molecule has 2 heterocycles. The molecule has 9 nitrogen and oxygen atoms in total. The van der Waals surface area contributed by atoms with Gasteiger partial charge in [-0.2, -0.15) is 4.68 Å². The lowest BCUT2D eigenvalue weighted by molar-refractivity contribution is 0.0683. The van der Waals surface area contributed by atoms with Gasteiger partial charge >= 0.3 is 11.7 Å². The number of carboxylic acids is 1. The van der Waals surface area contributed by atoms with E-state index in [0.29, 0.717) is 25.2 Å². The molecule has 0 aliphatic carbocycles. The number of para-hydroxylation sites is 1. The first-order chi connectivity index (χ1) is 17.0. The van der Waals surface area contributed by atoms with Crippen LogP contribution in [0, 0.1) is 0 Å². The van der Waals surface area contributed by atoms with Crippen molar-refractivity contribution in [2.24, 2.45) is 0 Å². The molecule has 4 aromatic rings. The number of aromatic carboxylic acids is 1. The Morgan fingerprint density at radius 1 is 0.971 bits per heavy atom. The summed E-state index contributed by atoms with van der Waals surface area (Å²) in [6.07, 6.45) is 5.58. The van der Waals surface area contributed by atoms with Gasteiger partial charge in [0.15, 0.2) is 5.69 Å². The molecule has 4 rings (SSSR count). The number of tetrazole rings is 1. The largest absolute Gasteiger partial charge is 0.477 e. The maximum Gasteiger partial charge on any atom is 0.354 e. The Labute approximate surface area is 203 Å². The smallest absolute Gasteiger partial charge is 0.354 e. The fraction of sp³-hybridized carbons (Fsp3) is 0.346. The highest BCUT2D eigenvalue weighted by molar-refractivity contribution is 5.87. The fourth-order valence-corrected chi connectivity index (χ4v) is 4.42. The highest BCUT2D eigenvalue weighted by atomic mass is 16.4. The van der Waals surface area contributed by atoms with Crippen LogP contribution < -0.4 is 5.69 Å². The SMILES string of the molecule is CCCCCn1c(C(=O)O)c(CCC)n(Cc2ccc(-c3ccccc3-n3cnnn3)cc2)c1=O. The number of carboxylic acid groups (broad SMARTS) is 1. The van der Waals surface area contributed by atoms with Gasteiger partial charge in [-0.3, -0.25) is 9.13 Å². The van der Waals surface area contributed by atoms with Gasteiger partial charge in [-0.25, -0.2) is 9.59 Å². The Hall–Kier alpha value is -4.01. The van der Waals surface area contributed by atoms with Crippen molar-refractivity contribution in [3.8, 4) is 16.8 Å². The van der Waals surface area contributed by atoms with Gasteiger partial charge in [0.25, 0.3) is 0 Å². The van der Waals surface area contributed by atoms with Crippen LogP contribution in [-0.2, 0) is 19.5 Å². The molecule has 0 saturated carbocycles. The molecular weight excluding hydrogens is 444 g/mol. The second-order valence-electron chi connectivity index (χ2n) is 8.55. The first kappa shape index (κ1) is 24.1. The molecule has 0 radical (unpaired) electrons. The van der Waals surface area contributed by atoms with Crippen molar-refractivity contribution in [1.82, 2.24) is 29.3 Å². The molecule has 0 fully saturated rings. The zero-order chi connectivity index (χ0) is 24.8. The van der Waals surface area contributed by atoms with Crippen molar-refractivity contribution in [3.63, 3.8) is 0 Å². The zero-order valence-corrected chi connectivity index (χ0v) is 20.1. The number of unbranched alkanes of at least 4 members (excludes halogenated alkanes) is 2. The van der Waals surface area contributed by atoms with Crippen LogP contribution in [0.25, 0.3) is 16.8 Å². The number of imidazole rings is 1. The van der Waals surface area contributed by atoms with Gasteiger partial charge in [-0.05, 0) is 40.5 Å². The molecule has 0 bridgehead atoms. The Morgan fingerprint density at radius 2 is 1.74 bits per heavy atom. The predicted octanol–water partition coefficient (Wildman–Crippen LogP) is 4.18. The van der Waals surface area contributed by atoms with Gasteiger partial charge in [-0.1, -0.05) is 75.6 Å². The molecule has 0 aliphatic heterocycles. The van der Waals surface area contributed by atoms with Gasteiger partial charge < -0.3 is 5.11 Å². The van der Waals surface area contributed by atoms with E-state index >= 15 is 0 Å². The quantitative estimate of drug-likeness (QED) is 0.327. The van der Waals surface area contributed by atoms with Crippen LogP contribution in [0.3, 0.4) is 0 Å². The summed E-state index contributed by atoms with van der Waals surface area (Å²) in [6, 6.07) is 15.8. The Bertz CT molecular complexity index is 1340. The molecular formula is C26H30N6O3. The third kappa shape index (κ3) is 5.08. The second-order valence-corrected chi connectivity index (χ2v) is 8.55. The minimum atomic E-state index is -1.05. The first-order valence-electron chi connectivity index (χ1n) is 12.0. The topological polar surface area (TPSA) is 108 Å². The van der Waals surface area contributed by atoms with E-state index in [9.17, 15) is 14.7 Å². The summed E-state index contributed by atoms with van der Waals surface area (Å²) < 4.78 is 4.69. The average Bonchev–Trinajstić information content (AvgIpc) is 3.48. The average molecular weight is 475 g/mol. The lowest BCUT2D eigenvalue weighted by Crippen LogP contribution is -2.26. The number of carbonyl (C=O) groups is 1. The number of benzene rings is 2. The molecule has 0 amide bonds. The summed E-state index contributed by atoms with van der Waals surface area (Å²) >= 11 is 0. The highest BCUT2D eigenvalue weighted by Crippen LogP contribution is 2.26. The van der Waals surface area contributed by atoms with E-state index in [-0.39, 0.29) is 11.4 Å². The van der Waals surface area contributed by atoms with E-state index in [4.69, 9.17) is 0 Å². The number of hydrogen-bond donors (Lipinski definition) is 1. The van der Waals surface area contributed by atoms with Crippen molar-refractivity contribution in [1.29, 1.82) is 0 Å². The third-order valence-corrected chi connectivity index (χ3v) is 6.11. The summed E-state index contributed by atoms with van der Waals surface area (Å²) in [5, 5.41) is 21.4. The van der Waals surface area contributed by atoms with E-state index in [1.54, 1.807) is 15.6 Å². The van der Waals surface area contributed by atoms with Crippen LogP contribution in [0.4, 0.5) is 0 Å². The standard InChI is InChI=1S/C26H30N6O3/c1-3-5-8-16-30-24(25(33)34)23(9-4-2)31(26(30)35)17-19-12-14-20(15-13-19)21-10-6-7-11-22(21)32-18-27-28-29-32/h6-7,10-15,18H,3-5,8-9,16-17H2,1-2H3,(H,33,34). The molecule has 0 spiro atoms. The monoisotopic (exact) mass is 474 g/mol. The molecule has 0 saturated heterocycles. The molecule has 2 aromatic heterocycles. The van der Waals surface area contributed by atoms with Gasteiger partial charge in [0, 0.05) is 12.1 Å². The van der Waals surface area contributed by atoms with Crippen LogP contribution in [0.2, 0.25) is 0 Å². The molecule has 1 N–H and O–H groups in total. The second kappa shape index (κ2) is 10.9. The van der Waals surface area contributed by atoms with Crippen LogP contribution in [0.15, 0.2) is 59.7 Å². The van der Waals surface area contributed by atoms with Crippen LogP contribution in [0.1, 0.15) is 61.3 Å². The number of nitrogens with zero attached hydrogens (tertiary/aromatic N) is 6. The lowest BCUT2D eigenvalue weighted by atomic mass is 10.0. The lowest BCUT2D eigenvalue weighted by Gasteiger charge is -2.11. The third-order valence-electron chi connectivity index (χ3n) is 6.11. The van der Waals surface area contributed by atoms with Crippen LogP contribution >= 0.6 is 0 Å². The minimum absolute atomic E-state index is 0.125. The van der Waals surface area contributed by atoms with Crippen LogP contribution in [0.5, 0.6) is 0 Å². The normalized spacial score (nSPS) is 11.1. The van der Waals surface area contributed by atoms with E-state index < -0.39 is 5.97 Å². The number of aromatic nitrogens is 6. The number of hydrogen-bond acceptors (Lipinski definition) is 5. The molecule has 35 heavy (non-hydrogen) atoms. The van der Waals surface area contributed by atoms with E-state index in [2.05, 4.69) is 22.4 Å². The van der Waals surface area contributed by atoms with Gasteiger partial charge in [-0.15, -0.1) is 5.10 Å². The minimum Gasteiger partial charge on any atom is -0.477 e. The number of rotatable bonds is 11. The van der Waals surface area contributed by atoms with Gasteiger partial charge in [0.1, 0.15) is 6.33 Å².